The van der Waals surface area contributed by atoms with Gasteiger partial charge in [-0.25, -0.2) is 4.79 Å². The Bertz CT molecular complexity index is 536. The number of methoxy groups -OCH3 is 1. The molecule has 1 unspecified atom stereocenters. The average Bonchev–Trinajstić information content (AvgIpc) is 2.69. The normalized spacial score (nSPS) is 14.7. The first-order chi connectivity index (χ1) is 15.1. The molecule has 0 fully saturated rings. The Morgan fingerprint density at radius 1 is 0.697 bits per heavy atom. The van der Waals surface area contributed by atoms with Crippen molar-refractivity contribution in [2.45, 2.75) is 110 Å². The lowest BCUT2D eigenvalue weighted by Crippen LogP contribution is -2.41. The number of hydrogen-bond acceptors (Lipinski definition) is 6. The van der Waals surface area contributed by atoms with E-state index < -0.39 is 0 Å². The predicted molar refractivity (Wildman–Crippen MR) is 135 cm³/mol. The number of nitrogens with two attached hydrogens (primary N) is 1. The van der Waals surface area contributed by atoms with E-state index in [1.165, 1.54) is 0 Å². The second kappa shape index (κ2) is 15.1. The lowest BCUT2D eigenvalue weighted by molar-refractivity contribution is -0.0780. The van der Waals surface area contributed by atoms with Crippen LogP contribution in [0.15, 0.2) is 0 Å². The third kappa shape index (κ3) is 18.1. The number of urea groups is 1. The van der Waals surface area contributed by atoms with Gasteiger partial charge < -0.3 is 35.3 Å². The first kappa shape index (κ1) is 32.1. The van der Waals surface area contributed by atoms with E-state index in [0.29, 0.717) is 39.5 Å². The molecule has 0 aliphatic carbocycles. The summed E-state index contributed by atoms with van der Waals surface area (Å²) in [5.74, 6) is 0. The summed E-state index contributed by atoms with van der Waals surface area (Å²) >= 11 is 0. The SMILES string of the molecule is CCC(C)(N)CCOC(C)(C)CCNC(=O)NCCOC(C)(C)CCOC(C)(C)CCOC. The molecule has 0 aromatic rings. The maximum absolute atomic E-state index is 12.0. The van der Waals surface area contributed by atoms with Crippen LogP contribution < -0.4 is 16.4 Å². The molecule has 0 aromatic heterocycles. The third-order valence-electron chi connectivity index (χ3n) is 5.97. The van der Waals surface area contributed by atoms with Crippen molar-refractivity contribution in [3.63, 3.8) is 0 Å². The third-order valence-corrected chi connectivity index (χ3v) is 5.97. The van der Waals surface area contributed by atoms with Gasteiger partial charge in [0.25, 0.3) is 0 Å². The summed E-state index contributed by atoms with van der Waals surface area (Å²) in [6.07, 6.45) is 4.07. The van der Waals surface area contributed by atoms with Crippen molar-refractivity contribution in [1.82, 2.24) is 10.6 Å². The van der Waals surface area contributed by atoms with Crippen LogP contribution in [-0.2, 0) is 18.9 Å². The maximum Gasteiger partial charge on any atom is 0.314 e. The van der Waals surface area contributed by atoms with Gasteiger partial charge in [0.1, 0.15) is 0 Å². The van der Waals surface area contributed by atoms with E-state index >= 15 is 0 Å². The van der Waals surface area contributed by atoms with Crippen LogP contribution in [-0.4, -0.2) is 75.0 Å². The molecule has 198 valence electrons. The molecule has 0 radical (unpaired) electrons. The van der Waals surface area contributed by atoms with Crippen molar-refractivity contribution < 1.29 is 23.7 Å². The molecule has 0 heterocycles. The molecule has 0 aliphatic heterocycles. The summed E-state index contributed by atoms with van der Waals surface area (Å²) in [6, 6.07) is -0.198. The van der Waals surface area contributed by atoms with Crippen LogP contribution in [0.5, 0.6) is 0 Å². The molecule has 1 atom stereocenters. The summed E-state index contributed by atoms with van der Waals surface area (Å²) < 4.78 is 23.0. The van der Waals surface area contributed by atoms with E-state index in [-0.39, 0.29) is 28.4 Å². The number of carbonyl (C=O) groups excluding carboxylic acids is 1. The lowest BCUT2D eigenvalue weighted by atomic mass is 9.96. The number of amides is 2. The summed E-state index contributed by atoms with van der Waals surface area (Å²) in [5.41, 5.74) is 5.11. The molecule has 0 saturated carbocycles. The first-order valence-corrected chi connectivity index (χ1v) is 12.4. The second-order valence-corrected chi connectivity index (χ2v) is 11.0. The minimum Gasteiger partial charge on any atom is -0.385 e. The van der Waals surface area contributed by atoms with Crippen LogP contribution in [0.1, 0.15) is 87.5 Å². The Morgan fingerprint density at radius 2 is 1.15 bits per heavy atom. The Balaban J connectivity index is 3.97. The van der Waals surface area contributed by atoms with Crippen molar-refractivity contribution >= 4 is 6.03 Å². The fourth-order valence-corrected chi connectivity index (χ4v) is 2.91. The smallest absolute Gasteiger partial charge is 0.314 e. The topological polar surface area (TPSA) is 104 Å². The number of nitrogens with one attached hydrogen (secondary N) is 2. The van der Waals surface area contributed by atoms with E-state index in [2.05, 4.69) is 31.4 Å². The highest BCUT2D eigenvalue weighted by molar-refractivity contribution is 5.73. The summed E-state index contributed by atoms with van der Waals surface area (Å²) in [5, 5.41) is 5.72. The van der Waals surface area contributed by atoms with E-state index in [1.54, 1.807) is 7.11 Å². The van der Waals surface area contributed by atoms with Crippen molar-refractivity contribution in [2.24, 2.45) is 5.73 Å². The van der Waals surface area contributed by atoms with Gasteiger partial charge in [-0.15, -0.1) is 0 Å². The van der Waals surface area contributed by atoms with Gasteiger partial charge >= 0.3 is 6.03 Å². The quantitative estimate of drug-likeness (QED) is 0.244. The van der Waals surface area contributed by atoms with Crippen molar-refractivity contribution in [3.8, 4) is 0 Å². The summed E-state index contributed by atoms with van der Waals surface area (Å²) in [6.45, 7) is 19.7. The molecule has 0 saturated heterocycles. The van der Waals surface area contributed by atoms with Crippen molar-refractivity contribution in [3.05, 3.63) is 0 Å². The van der Waals surface area contributed by atoms with E-state index in [1.807, 2.05) is 34.6 Å². The predicted octanol–water partition coefficient (Wildman–Crippen LogP) is 4.01. The van der Waals surface area contributed by atoms with Gasteiger partial charge in [0.15, 0.2) is 0 Å². The lowest BCUT2D eigenvalue weighted by Gasteiger charge is -2.30. The fraction of sp³-hybridized carbons (Fsp3) is 0.960. The number of carbonyl (C=O) groups is 1. The van der Waals surface area contributed by atoms with Gasteiger partial charge in [0.05, 0.1) is 30.0 Å². The molecular formula is C25H53N3O5. The Labute approximate surface area is 203 Å². The number of hydrogen-bond donors (Lipinski definition) is 3. The van der Waals surface area contributed by atoms with Gasteiger partial charge in [0.2, 0.25) is 0 Å². The highest BCUT2D eigenvalue weighted by Gasteiger charge is 2.23. The molecule has 0 bridgehead atoms. The average molecular weight is 476 g/mol. The minimum absolute atomic E-state index is 0.196. The molecule has 4 N–H and O–H groups in total. The van der Waals surface area contributed by atoms with Gasteiger partial charge in [-0.2, -0.15) is 0 Å². The molecule has 0 aromatic carbocycles. The number of ether oxygens (including phenoxy) is 4. The van der Waals surface area contributed by atoms with E-state index in [9.17, 15) is 4.79 Å². The standard InChI is InChI=1S/C25H53N3O5/c1-10-25(8,26)14-19-32-22(2,3)11-15-27-21(29)28-16-20-33-24(6,7)13-18-31-23(4,5)12-17-30-9/h10-20,26H2,1-9H3,(H2,27,28,29). The second-order valence-electron chi connectivity index (χ2n) is 11.0. The van der Waals surface area contributed by atoms with Crippen molar-refractivity contribution in [2.75, 3.05) is 46.6 Å². The largest absolute Gasteiger partial charge is 0.385 e. The fourth-order valence-electron chi connectivity index (χ4n) is 2.91. The monoisotopic (exact) mass is 475 g/mol. The van der Waals surface area contributed by atoms with Crippen LogP contribution in [0.4, 0.5) is 4.79 Å². The molecular weight excluding hydrogens is 422 g/mol. The van der Waals surface area contributed by atoms with Crippen LogP contribution in [0.3, 0.4) is 0 Å². The highest BCUT2D eigenvalue weighted by atomic mass is 16.5. The first-order valence-electron chi connectivity index (χ1n) is 12.4. The molecule has 0 aliphatic rings. The Kier molecular flexibility index (Phi) is 14.7. The van der Waals surface area contributed by atoms with E-state index in [0.717, 1.165) is 32.1 Å². The zero-order valence-electron chi connectivity index (χ0n) is 22.9. The van der Waals surface area contributed by atoms with Crippen LogP contribution in [0, 0.1) is 0 Å². The molecule has 0 rings (SSSR count). The molecule has 8 nitrogen and oxygen atoms in total. The Morgan fingerprint density at radius 3 is 1.70 bits per heavy atom. The van der Waals surface area contributed by atoms with Gasteiger partial charge in [-0.05, 0) is 80.6 Å². The van der Waals surface area contributed by atoms with E-state index in [4.69, 9.17) is 24.7 Å². The molecule has 8 heteroatoms. The minimum atomic E-state index is -0.325. The molecule has 33 heavy (non-hydrogen) atoms. The molecule has 2 amide bonds. The highest BCUT2D eigenvalue weighted by Crippen LogP contribution is 2.20. The van der Waals surface area contributed by atoms with Gasteiger partial charge in [0, 0.05) is 39.0 Å². The zero-order chi connectivity index (χ0) is 25.6. The molecule has 0 spiro atoms. The summed E-state index contributed by atoms with van der Waals surface area (Å²) in [7, 11) is 1.70. The van der Waals surface area contributed by atoms with Crippen LogP contribution in [0.25, 0.3) is 0 Å². The number of rotatable bonds is 19. The van der Waals surface area contributed by atoms with Crippen LogP contribution >= 0.6 is 0 Å². The van der Waals surface area contributed by atoms with Crippen LogP contribution in [0.2, 0.25) is 0 Å². The van der Waals surface area contributed by atoms with Crippen molar-refractivity contribution in [1.29, 1.82) is 0 Å². The zero-order valence-corrected chi connectivity index (χ0v) is 22.9. The summed E-state index contributed by atoms with van der Waals surface area (Å²) in [4.78, 5) is 12.0. The van der Waals surface area contributed by atoms with Gasteiger partial charge in [-0.3, -0.25) is 0 Å². The maximum atomic E-state index is 12.0. The Hall–Kier alpha value is -0.930. The van der Waals surface area contributed by atoms with Gasteiger partial charge in [-0.1, -0.05) is 6.92 Å².